The second kappa shape index (κ2) is 10.8. The fourth-order valence-electron chi connectivity index (χ4n) is 1.81. The van der Waals surface area contributed by atoms with Crippen molar-refractivity contribution in [3.05, 3.63) is 16.1 Å². The van der Waals surface area contributed by atoms with Crippen LogP contribution in [-0.2, 0) is 11.2 Å². The summed E-state index contributed by atoms with van der Waals surface area (Å²) in [6, 6.07) is 0. The van der Waals surface area contributed by atoms with Gasteiger partial charge in [-0.2, -0.15) is 0 Å². The van der Waals surface area contributed by atoms with E-state index in [2.05, 4.69) is 31.3 Å². The SMILES string of the molecule is CN=C(NCCCc1nc(C)cs1)NCC(=O)NC(C)(C)C.I. The van der Waals surface area contributed by atoms with Crippen LogP contribution in [0.1, 0.15) is 37.9 Å². The Hall–Kier alpha value is -0.900. The van der Waals surface area contributed by atoms with Crippen LogP contribution in [0.15, 0.2) is 10.4 Å². The first-order valence-electron chi connectivity index (χ1n) is 7.46. The number of nitrogens with zero attached hydrogens (tertiary/aromatic N) is 2. The summed E-state index contributed by atoms with van der Waals surface area (Å²) in [5, 5.41) is 12.3. The molecule has 1 amide bonds. The second-order valence-corrected chi connectivity index (χ2v) is 7.08. The third-order valence-electron chi connectivity index (χ3n) is 2.68. The summed E-state index contributed by atoms with van der Waals surface area (Å²) in [4.78, 5) is 20.3. The summed E-state index contributed by atoms with van der Waals surface area (Å²) >= 11 is 1.70. The zero-order valence-corrected chi connectivity index (χ0v) is 17.7. The standard InChI is InChI=1S/C15H27N5OS.HI/c1-11-10-22-13(19-11)7-6-8-17-14(16-5)18-9-12(21)20-15(2,3)4;/h10H,6-9H2,1-5H3,(H,20,21)(H2,16,17,18);1H. The summed E-state index contributed by atoms with van der Waals surface area (Å²) in [6.07, 6.45) is 1.93. The number of carbonyl (C=O) groups is 1. The number of aliphatic imine (C=N–C) groups is 1. The zero-order valence-electron chi connectivity index (χ0n) is 14.5. The molecule has 0 saturated heterocycles. The van der Waals surface area contributed by atoms with Crippen LogP contribution < -0.4 is 16.0 Å². The average Bonchev–Trinajstić information content (AvgIpc) is 2.81. The Morgan fingerprint density at radius 3 is 2.57 bits per heavy atom. The van der Waals surface area contributed by atoms with Gasteiger partial charge in [0.2, 0.25) is 5.91 Å². The molecule has 0 fully saturated rings. The van der Waals surface area contributed by atoms with Crippen LogP contribution in [0.25, 0.3) is 0 Å². The van der Waals surface area contributed by atoms with E-state index in [-0.39, 0.29) is 42.0 Å². The molecule has 1 aromatic heterocycles. The molecule has 3 N–H and O–H groups in total. The van der Waals surface area contributed by atoms with Crippen molar-refractivity contribution in [3.63, 3.8) is 0 Å². The molecule has 6 nitrogen and oxygen atoms in total. The molecule has 0 aromatic carbocycles. The minimum absolute atomic E-state index is 0. The normalized spacial score (nSPS) is 11.6. The zero-order chi connectivity index (χ0) is 16.6. The molecule has 1 aromatic rings. The molecule has 8 heteroatoms. The van der Waals surface area contributed by atoms with E-state index in [9.17, 15) is 4.79 Å². The largest absolute Gasteiger partial charge is 0.356 e. The minimum atomic E-state index is -0.221. The van der Waals surface area contributed by atoms with Gasteiger partial charge in [0, 0.05) is 36.6 Å². The quantitative estimate of drug-likeness (QED) is 0.267. The van der Waals surface area contributed by atoms with Gasteiger partial charge in [0.05, 0.1) is 11.6 Å². The number of hydrogen-bond donors (Lipinski definition) is 3. The fraction of sp³-hybridized carbons (Fsp3) is 0.667. The van der Waals surface area contributed by atoms with E-state index in [4.69, 9.17) is 0 Å². The number of hydrogen-bond acceptors (Lipinski definition) is 4. The molecule has 0 aliphatic carbocycles. The number of guanidine groups is 1. The van der Waals surface area contributed by atoms with Crippen molar-refractivity contribution in [1.29, 1.82) is 0 Å². The van der Waals surface area contributed by atoms with Crippen molar-refractivity contribution < 1.29 is 4.79 Å². The number of aryl methyl sites for hydroxylation is 2. The van der Waals surface area contributed by atoms with Crippen molar-refractivity contribution in [2.75, 3.05) is 20.1 Å². The maximum Gasteiger partial charge on any atom is 0.239 e. The van der Waals surface area contributed by atoms with Crippen molar-refractivity contribution in [2.24, 2.45) is 4.99 Å². The highest BCUT2D eigenvalue weighted by atomic mass is 127. The minimum Gasteiger partial charge on any atom is -0.356 e. The maximum absolute atomic E-state index is 11.7. The van der Waals surface area contributed by atoms with E-state index in [1.165, 1.54) is 0 Å². The molecule has 0 saturated carbocycles. The van der Waals surface area contributed by atoms with Crippen molar-refractivity contribution in [3.8, 4) is 0 Å². The molecule has 1 heterocycles. The molecule has 0 spiro atoms. The van der Waals surface area contributed by atoms with Gasteiger partial charge in [-0.3, -0.25) is 9.79 Å². The Morgan fingerprint density at radius 2 is 2.04 bits per heavy atom. The summed E-state index contributed by atoms with van der Waals surface area (Å²) in [5.74, 6) is 0.591. The molecular weight excluding hydrogens is 425 g/mol. The number of nitrogens with one attached hydrogen (secondary N) is 3. The Labute approximate surface area is 160 Å². The fourth-order valence-corrected chi connectivity index (χ4v) is 2.63. The number of aromatic nitrogens is 1. The van der Waals surface area contributed by atoms with Crippen molar-refractivity contribution in [2.45, 2.75) is 46.1 Å². The van der Waals surface area contributed by atoms with Gasteiger partial charge in [0.1, 0.15) is 0 Å². The van der Waals surface area contributed by atoms with Crippen LogP contribution in [0.5, 0.6) is 0 Å². The maximum atomic E-state index is 11.7. The predicted octanol–water partition coefficient (Wildman–Crippen LogP) is 2.08. The van der Waals surface area contributed by atoms with Crippen LogP contribution in [0.2, 0.25) is 0 Å². The molecular formula is C15H28IN5OS. The smallest absolute Gasteiger partial charge is 0.239 e. The molecule has 0 bridgehead atoms. The van der Waals surface area contributed by atoms with Gasteiger partial charge in [-0.15, -0.1) is 35.3 Å². The summed E-state index contributed by atoms with van der Waals surface area (Å²) in [7, 11) is 1.70. The molecule has 1 rings (SSSR count). The van der Waals surface area contributed by atoms with E-state index in [0.717, 1.165) is 30.1 Å². The first-order valence-corrected chi connectivity index (χ1v) is 8.34. The highest BCUT2D eigenvalue weighted by Crippen LogP contribution is 2.10. The van der Waals surface area contributed by atoms with Gasteiger partial charge in [-0.25, -0.2) is 4.98 Å². The number of halogens is 1. The Balaban J connectivity index is 0.00000484. The Morgan fingerprint density at radius 1 is 1.35 bits per heavy atom. The van der Waals surface area contributed by atoms with Crippen LogP contribution in [0.3, 0.4) is 0 Å². The van der Waals surface area contributed by atoms with Crippen LogP contribution in [0.4, 0.5) is 0 Å². The van der Waals surface area contributed by atoms with Gasteiger partial charge in [-0.05, 0) is 34.1 Å². The average molecular weight is 453 g/mol. The van der Waals surface area contributed by atoms with Gasteiger partial charge >= 0.3 is 0 Å². The summed E-state index contributed by atoms with van der Waals surface area (Å²) in [6.45, 7) is 8.88. The third-order valence-corrected chi connectivity index (χ3v) is 3.71. The predicted molar refractivity (Wildman–Crippen MR) is 108 cm³/mol. The van der Waals surface area contributed by atoms with Crippen LogP contribution >= 0.6 is 35.3 Å². The van der Waals surface area contributed by atoms with E-state index < -0.39 is 0 Å². The molecule has 0 unspecified atom stereocenters. The monoisotopic (exact) mass is 453 g/mol. The van der Waals surface area contributed by atoms with E-state index in [1.54, 1.807) is 18.4 Å². The summed E-state index contributed by atoms with van der Waals surface area (Å²) < 4.78 is 0. The van der Waals surface area contributed by atoms with Crippen LogP contribution in [0, 0.1) is 6.92 Å². The lowest BCUT2D eigenvalue weighted by Gasteiger charge is -2.21. The number of amides is 1. The van der Waals surface area contributed by atoms with Crippen LogP contribution in [-0.4, -0.2) is 42.5 Å². The second-order valence-electron chi connectivity index (χ2n) is 6.14. The molecule has 132 valence electrons. The number of thiazole rings is 1. The van der Waals surface area contributed by atoms with Gasteiger partial charge in [-0.1, -0.05) is 0 Å². The highest BCUT2D eigenvalue weighted by Gasteiger charge is 2.13. The van der Waals surface area contributed by atoms with Crippen molar-refractivity contribution in [1.82, 2.24) is 20.9 Å². The lowest BCUT2D eigenvalue weighted by molar-refractivity contribution is -0.121. The van der Waals surface area contributed by atoms with Crippen molar-refractivity contribution >= 4 is 47.2 Å². The number of rotatable bonds is 6. The Bertz CT molecular complexity index is 510. The van der Waals surface area contributed by atoms with Gasteiger partial charge < -0.3 is 16.0 Å². The molecule has 0 radical (unpaired) electrons. The highest BCUT2D eigenvalue weighted by molar-refractivity contribution is 14.0. The molecule has 23 heavy (non-hydrogen) atoms. The Kier molecular flexibility index (Phi) is 10.4. The van der Waals surface area contributed by atoms with E-state index in [0.29, 0.717) is 5.96 Å². The lowest BCUT2D eigenvalue weighted by atomic mass is 10.1. The summed E-state index contributed by atoms with van der Waals surface area (Å²) in [5.41, 5.74) is 0.858. The van der Waals surface area contributed by atoms with Gasteiger partial charge in [0.25, 0.3) is 0 Å². The van der Waals surface area contributed by atoms with E-state index >= 15 is 0 Å². The molecule has 0 atom stereocenters. The number of carbonyl (C=O) groups excluding carboxylic acids is 1. The van der Waals surface area contributed by atoms with E-state index in [1.807, 2.05) is 27.7 Å². The molecule has 0 aliphatic rings. The first kappa shape index (κ1) is 22.1. The third kappa shape index (κ3) is 10.5. The first-order chi connectivity index (χ1) is 10.3. The van der Waals surface area contributed by atoms with Gasteiger partial charge in [0.15, 0.2) is 5.96 Å². The topological polar surface area (TPSA) is 78.4 Å². The lowest BCUT2D eigenvalue weighted by Crippen LogP contribution is -2.48. The molecule has 0 aliphatic heterocycles.